The highest BCUT2D eigenvalue weighted by Crippen LogP contribution is 2.21. The Labute approximate surface area is 133 Å². The maximum absolute atomic E-state index is 12.3. The van der Waals surface area contributed by atoms with E-state index in [0.29, 0.717) is 4.88 Å². The Balaban J connectivity index is 1.90. The summed E-state index contributed by atoms with van der Waals surface area (Å²) in [7, 11) is 0. The van der Waals surface area contributed by atoms with Crippen molar-refractivity contribution in [3.8, 4) is 0 Å². The van der Waals surface area contributed by atoms with Gasteiger partial charge in [0.05, 0.1) is 28.3 Å². The van der Waals surface area contributed by atoms with Crippen molar-refractivity contribution in [2.24, 2.45) is 0 Å². The highest BCUT2D eigenvalue weighted by Gasteiger charge is 2.20. The van der Waals surface area contributed by atoms with Crippen LogP contribution in [0.1, 0.15) is 41.1 Å². The summed E-state index contributed by atoms with van der Waals surface area (Å²) in [5.41, 5.74) is 4.50. The number of nitrogens with one attached hydrogen (secondary N) is 1. The molecule has 0 saturated carbocycles. The van der Waals surface area contributed by atoms with E-state index in [-0.39, 0.29) is 11.9 Å². The number of hydrogen-bond acceptors (Lipinski definition) is 4. The Morgan fingerprint density at radius 1 is 1.41 bits per heavy atom. The van der Waals surface area contributed by atoms with E-state index >= 15 is 0 Å². The van der Waals surface area contributed by atoms with Gasteiger partial charge in [-0.25, -0.2) is 9.97 Å². The first-order chi connectivity index (χ1) is 10.6. The summed E-state index contributed by atoms with van der Waals surface area (Å²) in [6, 6.07) is 7.86. The number of aryl methyl sites for hydroxylation is 2. The van der Waals surface area contributed by atoms with E-state index < -0.39 is 0 Å². The molecule has 22 heavy (non-hydrogen) atoms. The van der Waals surface area contributed by atoms with E-state index in [0.717, 1.165) is 29.1 Å². The smallest absolute Gasteiger partial charge is 0.263 e. The molecule has 0 spiro atoms. The molecule has 0 unspecified atom stereocenters. The van der Waals surface area contributed by atoms with E-state index in [9.17, 15) is 4.79 Å². The molecule has 6 heteroatoms. The zero-order valence-corrected chi connectivity index (χ0v) is 13.6. The summed E-state index contributed by atoms with van der Waals surface area (Å²) in [4.78, 5) is 21.8. The fourth-order valence-corrected chi connectivity index (χ4v) is 3.31. The number of carbonyl (C=O) groups excluding carboxylic acids is 1. The molecule has 0 aliphatic heterocycles. The standard InChI is InChI=1S/C16H18N4OS/c1-4-20-13-8-6-5-7-12(13)19-15(20)11(3)18-16(21)14-10(2)17-9-22-14/h5-9,11H,4H2,1-3H3,(H,18,21)/t11-/m0/s1. The van der Waals surface area contributed by atoms with Gasteiger partial charge in [0.25, 0.3) is 5.91 Å². The predicted octanol–water partition coefficient (Wildman–Crippen LogP) is 3.31. The average molecular weight is 314 g/mol. The number of carbonyl (C=O) groups is 1. The van der Waals surface area contributed by atoms with Crippen molar-refractivity contribution in [1.82, 2.24) is 19.9 Å². The SMILES string of the molecule is CCn1c([C@H](C)NC(=O)c2scnc2C)nc2ccccc21. The molecule has 2 aromatic heterocycles. The number of imidazole rings is 1. The third kappa shape index (κ3) is 2.50. The van der Waals surface area contributed by atoms with E-state index in [2.05, 4.69) is 32.8 Å². The zero-order chi connectivity index (χ0) is 15.7. The fraction of sp³-hybridized carbons (Fsp3) is 0.312. The summed E-state index contributed by atoms with van der Waals surface area (Å²) in [6.07, 6.45) is 0. The zero-order valence-electron chi connectivity index (χ0n) is 12.8. The van der Waals surface area contributed by atoms with Gasteiger partial charge in [-0.05, 0) is 32.9 Å². The van der Waals surface area contributed by atoms with Crippen molar-refractivity contribution >= 4 is 28.3 Å². The number of thiazole rings is 1. The maximum Gasteiger partial charge on any atom is 0.263 e. The molecule has 114 valence electrons. The number of fused-ring (bicyclic) bond motifs is 1. The molecule has 1 N–H and O–H groups in total. The summed E-state index contributed by atoms with van der Waals surface area (Å²) >= 11 is 1.36. The van der Waals surface area contributed by atoms with Crippen molar-refractivity contribution in [3.63, 3.8) is 0 Å². The van der Waals surface area contributed by atoms with Crippen LogP contribution in [-0.4, -0.2) is 20.4 Å². The Morgan fingerprint density at radius 2 is 2.18 bits per heavy atom. The first-order valence-electron chi connectivity index (χ1n) is 7.28. The van der Waals surface area contributed by atoms with Gasteiger partial charge >= 0.3 is 0 Å². The van der Waals surface area contributed by atoms with Crippen LogP contribution >= 0.6 is 11.3 Å². The van der Waals surface area contributed by atoms with Crippen LogP contribution in [0.5, 0.6) is 0 Å². The molecule has 2 heterocycles. The lowest BCUT2D eigenvalue weighted by atomic mass is 10.3. The highest BCUT2D eigenvalue weighted by atomic mass is 32.1. The number of para-hydroxylation sites is 2. The molecule has 0 aliphatic rings. The first-order valence-corrected chi connectivity index (χ1v) is 8.16. The molecule has 0 radical (unpaired) electrons. The minimum Gasteiger partial charge on any atom is -0.342 e. The molecule has 0 aliphatic carbocycles. The van der Waals surface area contributed by atoms with Crippen LogP contribution in [0, 0.1) is 6.92 Å². The van der Waals surface area contributed by atoms with Crippen molar-refractivity contribution in [2.75, 3.05) is 0 Å². The van der Waals surface area contributed by atoms with Gasteiger partial charge in [0.2, 0.25) is 0 Å². The van der Waals surface area contributed by atoms with Crippen LogP contribution in [0.3, 0.4) is 0 Å². The van der Waals surface area contributed by atoms with Gasteiger partial charge in [-0.2, -0.15) is 0 Å². The second-order valence-corrected chi connectivity index (χ2v) is 6.02. The Kier molecular flexibility index (Phi) is 3.94. The molecule has 3 rings (SSSR count). The fourth-order valence-electron chi connectivity index (χ4n) is 2.60. The number of benzene rings is 1. The second-order valence-electron chi connectivity index (χ2n) is 5.17. The van der Waals surface area contributed by atoms with E-state index in [4.69, 9.17) is 0 Å². The number of amides is 1. The topological polar surface area (TPSA) is 59.8 Å². The monoisotopic (exact) mass is 314 g/mol. The van der Waals surface area contributed by atoms with E-state index in [1.165, 1.54) is 11.3 Å². The van der Waals surface area contributed by atoms with Gasteiger partial charge in [0.1, 0.15) is 10.7 Å². The number of hydrogen-bond donors (Lipinski definition) is 1. The molecule has 1 aromatic carbocycles. The van der Waals surface area contributed by atoms with Crippen molar-refractivity contribution in [2.45, 2.75) is 33.4 Å². The van der Waals surface area contributed by atoms with Gasteiger partial charge in [-0.15, -0.1) is 11.3 Å². The lowest BCUT2D eigenvalue weighted by Gasteiger charge is -2.15. The Bertz CT molecular complexity index is 821. The van der Waals surface area contributed by atoms with Crippen LogP contribution in [-0.2, 0) is 6.54 Å². The molecular formula is C16H18N4OS. The lowest BCUT2D eigenvalue weighted by molar-refractivity contribution is 0.0941. The maximum atomic E-state index is 12.3. The summed E-state index contributed by atoms with van der Waals surface area (Å²) in [5, 5.41) is 3.02. The number of nitrogens with zero attached hydrogens (tertiary/aromatic N) is 3. The van der Waals surface area contributed by atoms with Gasteiger partial charge in [0.15, 0.2) is 0 Å². The molecule has 3 aromatic rings. The van der Waals surface area contributed by atoms with Crippen LogP contribution in [0.15, 0.2) is 29.8 Å². The van der Waals surface area contributed by atoms with Crippen LogP contribution in [0.4, 0.5) is 0 Å². The lowest BCUT2D eigenvalue weighted by Crippen LogP contribution is -2.28. The van der Waals surface area contributed by atoms with Crippen molar-refractivity contribution < 1.29 is 4.79 Å². The van der Waals surface area contributed by atoms with Crippen LogP contribution in [0.25, 0.3) is 11.0 Å². The highest BCUT2D eigenvalue weighted by molar-refractivity contribution is 7.11. The molecular weight excluding hydrogens is 296 g/mol. The molecule has 1 atom stereocenters. The minimum atomic E-state index is -0.165. The minimum absolute atomic E-state index is 0.0952. The first kappa shape index (κ1) is 14.7. The summed E-state index contributed by atoms with van der Waals surface area (Å²) in [5.74, 6) is 0.779. The molecule has 0 fully saturated rings. The molecule has 1 amide bonds. The van der Waals surface area contributed by atoms with E-state index in [1.54, 1.807) is 5.51 Å². The number of aromatic nitrogens is 3. The second kappa shape index (κ2) is 5.88. The molecule has 0 bridgehead atoms. The quantitative estimate of drug-likeness (QED) is 0.803. The third-order valence-electron chi connectivity index (χ3n) is 3.69. The van der Waals surface area contributed by atoms with Crippen molar-refractivity contribution in [1.29, 1.82) is 0 Å². The van der Waals surface area contributed by atoms with Crippen LogP contribution < -0.4 is 5.32 Å². The Hall–Kier alpha value is -2.21. The Morgan fingerprint density at radius 3 is 2.86 bits per heavy atom. The molecule has 5 nitrogen and oxygen atoms in total. The number of rotatable bonds is 4. The van der Waals surface area contributed by atoms with Crippen LogP contribution in [0.2, 0.25) is 0 Å². The third-order valence-corrected chi connectivity index (χ3v) is 4.61. The largest absolute Gasteiger partial charge is 0.342 e. The summed E-state index contributed by atoms with van der Waals surface area (Å²) in [6.45, 7) is 6.70. The average Bonchev–Trinajstić information content (AvgIpc) is 3.10. The summed E-state index contributed by atoms with van der Waals surface area (Å²) < 4.78 is 2.14. The van der Waals surface area contributed by atoms with E-state index in [1.807, 2.05) is 32.0 Å². The van der Waals surface area contributed by atoms with Gasteiger partial charge in [-0.3, -0.25) is 4.79 Å². The molecule has 0 saturated heterocycles. The normalized spacial score (nSPS) is 12.5. The van der Waals surface area contributed by atoms with Crippen molar-refractivity contribution in [3.05, 3.63) is 46.2 Å². The van der Waals surface area contributed by atoms with Gasteiger partial charge in [0, 0.05) is 6.54 Å². The van der Waals surface area contributed by atoms with Gasteiger partial charge < -0.3 is 9.88 Å². The van der Waals surface area contributed by atoms with Gasteiger partial charge in [-0.1, -0.05) is 12.1 Å². The predicted molar refractivity (Wildman–Crippen MR) is 88.1 cm³/mol.